The Kier molecular flexibility index (Phi) is 11.3. The summed E-state index contributed by atoms with van der Waals surface area (Å²) in [7, 11) is 0. The molecule has 0 bridgehead atoms. The van der Waals surface area contributed by atoms with E-state index in [-0.39, 0.29) is 5.41 Å². The van der Waals surface area contributed by atoms with Crippen molar-refractivity contribution in [3.63, 3.8) is 0 Å². The molecule has 0 heterocycles. The van der Waals surface area contributed by atoms with E-state index in [1.165, 1.54) is 60.5 Å². The molecule has 0 aromatic heterocycles. The SMILES string of the molecule is C=C(/C=C\CCC)N(C1=CC2CC2(c2c(-c3ccccc3)c(-c3ccccc3)c(-c3ccc(N(C(=C)/C=C/C)c4ccccc4)cc3)c3ccccc23)C=C1)c1cccc2ccccc12. The van der Waals surface area contributed by atoms with Gasteiger partial charge in [0.05, 0.1) is 5.69 Å². The molecule has 8 aromatic carbocycles. The number of anilines is 3. The molecule has 1 saturated carbocycles. The molecule has 8 aromatic rings. The van der Waals surface area contributed by atoms with Crippen molar-refractivity contribution in [3.05, 3.63) is 260 Å². The first-order valence-electron chi connectivity index (χ1n) is 23.0. The van der Waals surface area contributed by atoms with Gasteiger partial charge in [0, 0.05) is 39.3 Å². The zero-order valence-corrected chi connectivity index (χ0v) is 37.4. The van der Waals surface area contributed by atoms with Gasteiger partial charge in [-0.2, -0.15) is 0 Å². The van der Waals surface area contributed by atoms with Gasteiger partial charge in [0.1, 0.15) is 0 Å². The molecule has 2 atom stereocenters. The van der Waals surface area contributed by atoms with Gasteiger partial charge in [0.25, 0.3) is 0 Å². The van der Waals surface area contributed by atoms with Crippen LogP contribution in [0.2, 0.25) is 0 Å². The number of allylic oxidation sites excluding steroid dienone is 7. The van der Waals surface area contributed by atoms with E-state index in [4.69, 9.17) is 0 Å². The molecular weight excluding hydrogens is 785 g/mol. The normalized spacial score (nSPS) is 16.5. The Morgan fingerprint density at radius 2 is 1.14 bits per heavy atom. The summed E-state index contributed by atoms with van der Waals surface area (Å²) in [5, 5.41) is 4.98. The number of benzene rings is 8. The van der Waals surface area contributed by atoms with E-state index >= 15 is 0 Å². The Morgan fingerprint density at radius 3 is 1.82 bits per heavy atom. The second kappa shape index (κ2) is 17.8. The van der Waals surface area contributed by atoms with Crippen LogP contribution in [0.15, 0.2) is 255 Å². The lowest BCUT2D eigenvalue weighted by Gasteiger charge is -2.32. The van der Waals surface area contributed by atoms with Crippen molar-refractivity contribution in [3.8, 4) is 33.4 Å². The average molecular weight is 839 g/mol. The summed E-state index contributed by atoms with van der Waals surface area (Å²) in [5.74, 6) is 0.293. The first-order chi connectivity index (χ1) is 32.0. The van der Waals surface area contributed by atoms with Gasteiger partial charge in [-0.1, -0.05) is 202 Å². The number of para-hydroxylation sites is 1. The Labute approximate surface area is 384 Å². The second-order valence-electron chi connectivity index (χ2n) is 17.3. The Morgan fingerprint density at radius 1 is 0.569 bits per heavy atom. The fraction of sp³-hybridized carbons (Fsp3) is 0.111. The molecule has 2 aliphatic rings. The average Bonchev–Trinajstić information content (AvgIpc) is 4.09. The highest BCUT2D eigenvalue weighted by atomic mass is 15.2. The predicted molar refractivity (Wildman–Crippen MR) is 279 cm³/mol. The van der Waals surface area contributed by atoms with Gasteiger partial charge >= 0.3 is 0 Å². The third-order valence-corrected chi connectivity index (χ3v) is 13.2. The van der Waals surface area contributed by atoms with Gasteiger partial charge in [0.2, 0.25) is 0 Å². The van der Waals surface area contributed by atoms with Crippen LogP contribution in [0.5, 0.6) is 0 Å². The fourth-order valence-corrected chi connectivity index (χ4v) is 10.2. The Balaban J connectivity index is 1.17. The lowest BCUT2D eigenvalue weighted by Crippen LogP contribution is -2.23. The maximum absolute atomic E-state index is 4.68. The summed E-state index contributed by atoms with van der Waals surface area (Å²) < 4.78 is 0. The van der Waals surface area contributed by atoms with Gasteiger partial charge in [-0.3, -0.25) is 0 Å². The van der Waals surface area contributed by atoms with Crippen LogP contribution in [0.3, 0.4) is 0 Å². The molecular formula is C63H54N2. The maximum Gasteiger partial charge on any atom is 0.0539 e. The Bertz CT molecular complexity index is 3160. The van der Waals surface area contributed by atoms with Crippen LogP contribution >= 0.6 is 0 Å². The molecule has 2 heteroatoms. The first kappa shape index (κ1) is 41.3. The van der Waals surface area contributed by atoms with E-state index in [2.05, 4.69) is 248 Å². The smallest absolute Gasteiger partial charge is 0.0539 e. The molecule has 2 aliphatic carbocycles. The molecule has 0 N–H and O–H groups in total. The molecule has 2 unspecified atom stereocenters. The van der Waals surface area contributed by atoms with Gasteiger partial charge in [-0.25, -0.2) is 0 Å². The van der Waals surface area contributed by atoms with Crippen molar-refractivity contribution in [2.24, 2.45) is 5.92 Å². The van der Waals surface area contributed by atoms with Crippen LogP contribution < -0.4 is 9.80 Å². The zero-order chi connectivity index (χ0) is 44.3. The summed E-state index contributed by atoms with van der Waals surface area (Å²) in [5.41, 5.74) is 14.9. The fourth-order valence-electron chi connectivity index (χ4n) is 10.2. The van der Waals surface area contributed by atoms with E-state index in [9.17, 15) is 0 Å². The molecule has 316 valence electrons. The lowest BCUT2D eigenvalue weighted by molar-refractivity contribution is 0.815. The molecule has 65 heavy (non-hydrogen) atoms. The van der Waals surface area contributed by atoms with Crippen molar-refractivity contribution >= 4 is 38.6 Å². The molecule has 1 fully saturated rings. The number of hydrogen-bond donors (Lipinski definition) is 0. The van der Waals surface area contributed by atoms with Gasteiger partial charge < -0.3 is 9.80 Å². The monoisotopic (exact) mass is 838 g/mol. The Hall–Kier alpha value is -7.68. The zero-order valence-electron chi connectivity index (χ0n) is 37.4. The standard InChI is InChI=1S/C63H54N2/c1-5-7-11-24-46(4)65(58-36-22-30-47-25-18-19-33-55(47)58)54-41-42-63(44-51(63)43-54)62-57-35-21-20-34-56(57)59(60(48-26-12-8-13-27-48)61(62)49-28-14-9-15-29-49)50-37-39-53(40-38-50)64(45(3)23-6-2)52-31-16-10-17-32-52/h6,8-43,51H,3-5,7,44H2,1-2H3/b23-6+,24-11-. The number of hydrogen-bond acceptors (Lipinski definition) is 2. The minimum atomic E-state index is -0.201. The van der Waals surface area contributed by atoms with E-state index < -0.39 is 0 Å². The predicted octanol–water partition coefficient (Wildman–Crippen LogP) is 17.3. The summed E-state index contributed by atoms with van der Waals surface area (Å²) in [6.45, 7) is 13.4. The van der Waals surface area contributed by atoms with Crippen LogP contribution in [-0.2, 0) is 5.41 Å². The van der Waals surface area contributed by atoms with E-state index in [1.54, 1.807) is 0 Å². The van der Waals surface area contributed by atoms with Crippen LogP contribution in [-0.4, -0.2) is 0 Å². The molecule has 2 nitrogen and oxygen atoms in total. The highest BCUT2D eigenvalue weighted by Gasteiger charge is 2.56. The van der Waals surface area contributed by atoms with Crippen LogP contribution in [0.25, 0.3) is 54.9 Å². The third kappa shape index (κ3) is 7.66. The van der Waals surface area contributed by atoms with Crippen molar-refractivity contribution in [2.75, 3.05) is 9.80 Å². The summed E-state index contributed by atoms with van der Waals surface area (Å²) in [4.78, 5) is 4.60. The topological polar surface area (TPSA) is 6.48 Å². The molecule has 0 aliphatic heterocycles. The molecule has 0 spiro atoms. The number of fused-ring (bicyclic) bond motifs is 3. The number of nitrogens with zero attached hydrogens (tertiary/aromatic N) is 2. The van der Waals surface area contributed by atoms with Gasteiger partial charge in [0.15, 0.2) is 0 Å². The van der Waals surface area contributed by atoms with Crippen LogP contribution in [0.4, 0.5) is 17.1 Å². The number of unbranched alkanes of at least 4 members (excludes halogenated alkanes) is 1. The van der Waals surface area contributed by atoms with Crippen molar-refractivity contribution < 1.29 is 0 Å². The highest BCUT2D eigenvalue weighted by molar-refractivity contribution is 6.13. The van der Waals surface area contributed by atoms with Crippen LogP contribution in [0, 0.1) is 5.92 Å². The van der Waals surface area contributed by atoms with Crippen LogP contribution in [0.1, 0.15) is 38.7 Å². The third-order valence-electron chi connectivity index (χ3n) is 13.2. The van der Waals surface area contributed by atoms with Gasteiger partial charge in [-0.15, -0.1) is 0 Å². The highest BCUT2D eigenvalue weighted by Crippen LogP contribution is 2.64. The van der Waals surface area contributed by atoms with E-state index in [0.717, 1.165) is 53.4 Å². The largest absolute Gasteiger partial charge is 0.311 e. The quantitative estimate of drug-likeness (QED) is 0.101. The minimum Gasteiger partial charge on any atom is -0.311 e. The van der Waals surface area contributed by atoms with Crippen molar-refractivity contribution in [1.29, 1.82) is 0 Å². The number of rotatable bonds is 14. The van der Waals surface area contributed by atoms with E-state index in [1.807, 2.05) is 13.0 Å². The summed E-state index contributed by atoms with van der Waals surface area (Å²) in [6.07, 6.45) is 19.1. The summed E-state index contributed by atoms with van der Waals surface area (Å²) >= 11 is 0. The molecule has 0 amide bonds. The maximum atomic E-state index is 4.68. The minimum absolute atomic E-state index is 0.201. The molecule has 0 radical (unpaired) electrons. The lowest BCUT2D eigenvalue weighted by atomic mass is 9.74. The van der Waals surface area contributed by atoms with E-state index in [0.29, 0.717) is 5.92 Å². The van der Waals surface area contributed by atoms with Crippen molar-refractivity contribution in [1.82, 2.24) is 0 Å². The first-order valence-corrected chi connectivity index (χ1v) is 23.0. The molecule has 10 rings (SSSR count). The molecule has 0 saturated heterocycles. The summed E-state index contributed by atoms with van der Waals surface area (Å²) in [6, 6.07) is 66.1. The second-order valence-corrected chi connectivity index (χ2v) is 17.3. The van der Waals surface area contributed by atoms with Gasteiger partial charge in [-0.05, 0) is 129 Å². The van der Waals surface area contributed by atoms with Crippen molar-refractivity contribution in [2.45, 2.75) is 38.5 Å².